The van der Waals surface area contributed by atoms with Crippen LogP contribution in [0.2, 0.25) is 0 Å². The van der Waals surface area contributed by atoms with E-state index in [1.807, 2.05) is 57.4 Å². The third-order valence-corrected chi connectivity index (χ3v) is 4.35. The first-order chi connectivity index (χ1) is 12.9. The van der Waals surface area contributed by atoms with E-state index in [-0.39, 0.29) is 18.4 Å². The zero-order valence-corrected chi connectivity index (χ0v) is 15.9. The second kappa shape index (κ2) is 7.49. The van der Waals surface area contributed by atoms with Crippen LogP contribution >= 0.6 is 0 Å². The molecule has 3 aromatic rings. The number of carbonyl (C=O) groups excluding carboxylic acids is 2. The number of benzene rings is 1. The number of aromatic nitrogens is 3. The van der Waals surface area contributed by atoms with E-state index < -0.39 is 0 Å². The molecule has 2 amide bonds. The topological polar surface area (TPSA) is 81.0 Å². The molecule has 3 rings (SSSR count). The van der Waals surface area contributed by atoms with E-state index in [0.29, 0.717) is 11.4 Å². The number of aryl methyl sites for hydroxylation is 4. The Balaban J connectivity index is 1.68. The molecule has 1 aromatic carbocycles. The van der Waals surface area contributed by atoms with Crippen molar-refractivity contribution in [3.8, 4) is 5.82 Å². The molecule has 0 atom stereocenters. The molecule has 0 radical (unpaired) electrons. The van der Waals surface area contributed by atoms with Gasteiger partial charge < -0.3 is 15.2 Å². The summed E-state index contributed by atoms with van der Waals surface area (Å²) in [5, 5.41) is 9.70. The minimum Gasteiger partial charge on any atom is -0.343 e. The van der Waals surface area contributed by atoms with E-state index in [1.165, 1.54) is 6.20 Å². The molecule has 0 saturated heterocycles. The van der Waals surface area contributed by atoms with Crippen LogP contribution in [0.4, 0.5) is 5.69 Å². The van der Waals surface area contributed by atoms with Gasteiger partial charge in [0, 0.05) is 25.1 Å². The molecule has 0 aliphatic rings. The third kappa shape index (κ3) is 3.92. The molecule has 7 heteroatoms. The molecular formula is C20H23N5O2. The minimum atomic E-state index is -0.348. The number of hydrogen-bond donors (Lipinski definition) is 2. The summed E-state index contributed by atoms with van der Waals surface area (Å²) in [5.74, 6) is 0.0206. The second-order valence-electron chi connectivity index (χ2n) is 6.60. The van der Waals surface area contributed by atoms with Crippen LogP contribution in [0.25, 0.3) is 5.82 Å². The van der Waals surface area contributed by atoms with Gasteiger partial charge in [0.2, 0.25) is 5.91 Å². The first-order valence-corrected chi connectivity index (χ1v) is 8.68. The Morgan fingerprint density at radius 2 is 1.70 bits per heavy atom. The van der Waals surface area contributed by atoms with Crippen molar-refractivity contribution in [3.63, 3.8) is 0 Å². The fourth-order valence-corrected chi connectivity index (χ4v) is 3.19. The number of nitrogens with zero attached hydrogens (tertiary/aromatic N) is 3. The lowest BCUT2D eigenvalue weighted by atomic mass is 10.1. The van der Waals surface area contributed by atoms with E-state index in [9.17, 15) is 9.59 Å². The van der Waals surface area contributed by atoms with Gasteiger partial charge in [-0.3, -0.25) is 14.3 Å². The predicted molar refractivity (Wildman–Crippen MR) is 104 cm³/mol. The monoisotopic (exact) mass is 365 g/mol. The van der Waals surface area contributed by atoms with Gasteiger partial charge in [0.15, 0.2) is 0 Å². The van der Waals surface area contributed by atoms with E-state index >= 15 is 0 Å². The average Bonchev–Trinajstić information content (AvgIpc) is 3.25. The summed E-state index contributed by atoms with van der Waals surface area (Å²) in [5.41, 5.74) is 4.33. The second-order valence-corrected chi connectivity index (χ2v) is 6.60. The standard InChI is InChI=1S/C20H23N5O2/c1-13-9-14(2)18(15(3)10-13)23-17(26)12-21-19(27)16-11-22-24(4)20(16)25-7-5-6-8-25/h5-11H,12H2,1-4H3,(H,21,27)(H,23,26). The van der Waals surface area contributed by atoms with Gasteiger partial charge in [-0.05, 0) is 44.0 Å². The third-order valence-electron chi connectivity index (χ3n) is 4.35. The molecule has 0 aliphatic carbocycles. The Morgan fingerprint density at radius 3 is 2.33 bits per heavy atom. The van der Waals surface area contributed by atoms with Crippen LogP contribution < -0.4 is 10.6 Å². The molecule has 0 saturated carbocycles. The van der Waals surface area contributed by atoms with Crippen molar-refractivity contribution in [3.05, 3.63) is 65.1 Å². The molecule has 0 fully saturated rings. The van der Waals surface area contributed by atoms with Gasteiger partial charge in [-0.2, -0.15) is 5.10 Å². The first kappa shape index (κ1) is 18.4. The van der Waals surface area contributed by atoms with Gasteiger partial charge in [-0.25, -0.2) is 0 Å². The summed E-state index contributed by atoms with van der Waals surface area (Å²) in [4.78, 5) is 24.9. The maximum atomic E-state index is 12.6. The van der Waals surface area contributed by atoms with Crippen LogP contribution in [0.15, 0.2) is 42.9 Å². The lowest BCUT2D eigenvalue weighted by Gasteiger charge is -2.13. The predicted octanol–water partition coefficient (Wildman–Crippen LogP) is 2.50. The maximum Gasteiger partial charge on any atom is 0.257 e. The minimum absolute atomic E-state index is 0.119. The Bertz CT molecular complexity index is 963. The molecule has 7 nitrogen and oxygen atoms in total. The van der Waals surface area contributed by atoms with Crippen LogP contribution in [0, 0.1) is 20.8 Å². The summed E-state index contributed by atoms with van der Waals surface area (Å²) in [6.07, 6.45) is 5.17. The van der Waals surface area contributed by atoms with Gasteiger partial charge in [-0.1, -0.05) is 17.7 Å². The molecule has 0 bridgehead atoms. The number of rotatable bonds is 5. The van der Waals surface area contributed by atoms with Crippen molar-refractivity contribution in [2.75, 3.05) is 11.9 Å². The number of carbonyl (C=O) groups is 2. The van der Waals surface area contributed by atoms with Gasteiger partial charge in [0.1, 0.15) is 11.4 Å². The van der Waals surface area contributed by atoms with Gasteiger partial charge >= 0.3 is 0 Å². The summed E-state index contributed by atoms with van der Waals surface area (Å²) >= 11 is 0. The van der Waals surface area contributed by atoms with Crippen LogP contribution in [-0.2, 0) is 11.8 Å². The molecule has 0 unspecified atom stereocenters. The molecule has 140 valence electrons. The van der Waals surface area contributed by atoms with Gasteiger partial charge in [0.05, 0.1) is 12.7 Å². The molecule has 2 heterocycles. The van der Waals surface area contributed by atoms with Crippen molar-refractivity contribution in [2.45, 2.75) is 20.8 Å². The quantitative estimate of drug-likeness (QED) is 0.729. The van der Waals surface area contributed by atoms with Crippen LogP contribution in [0.1, 0.15) is 27.0 Å². The maximum absolute atomic E-state index is 12.6. The Kier molecular flexibility index (Phi) is 5.12. The van der Waals surface area contributed by atoms with Crippen molar-refractivity contribution in [1.82, 2.24) is 19.7 Å². The zero-order valence-electron chi connectivity index (χ0n) is 15.9. The van der Waals surface area contributed by atoms with Crippen LogP contribution in [-0.4, -0.2) is 32.7 Å². The average molecular weight is 365 g/mol. The molecule has 0 aliphatic heterocycles. The SMILES string of the molecule is Cc1cc(C)c(NC(=O)CNC(=O)c2cnn(C)c2-n2cccc2)c(C)c1. The highest BCUT2D eigenvalue weighted by molar-refractivity contribution is 6.01. The van der Waals surface area contributed by atoms with Gasteiger partial charge in [0.25, 0.3) is 5.91 Å². The van der Waals surface area contributed by atoms with Crippen molar-refractivity contribution in [2.24, 2.45) is 7.05 Å². The van der Waals surface area contributed by atoms with E-state index in [2.05, 4.69) is 15.7 Å². The van der Waals surface area contributed by atoms with E-state index in [1.54, 1.807) is 16.3 Å². The Labute approximate surface area is 158 Å². The van der Waals surface area contributed by atoms with E-state index in [4.69, 9.17) is 0 Å². The number of amides is 2. The number of nitrogens with one attached hydrogen (secondary N) is 2. The summed E-state index contributed by atoms with van der Waals surface area (Å²) in [7, 11) is 1.77. The first-order valence-electron chi connectivity index (χ1n) is 8.68. The zero-order chi connectivity index (χ0) is 19.6. The molecule has 0 spiro atoms. The van der Waals surface area contributed by atoms with Gasteiger partial charge in [-0.15, -0.1) is 0 Å². The Morgan fingerprint density at radius 1 is 1.07 bits per heavy atom. The normalized spacial score (nSPS) is 10.7. The highest BCUT2D eigenvalue weighted by Crippen LogP contribution is 2.21. The lowest BCUT2D eigenvalue weighted by Crippen LogP contribution is -2.33. The molecule has 27 heavy (non-hydrogen) atoms. The van der Waals surface area contributed by atoms with Crippen LogP contribution in [0.5, 0.6) is 0 Å². The fraction of sp³-hybridized carbons (Fsp3) is 0.250. The van der Waals surface area contributed by atoms with E-state index in [0.717, 1.165) is 22.4 Å². The largest absolute Gasteiger partial charge is 0.343 e. The van der Waals surface area contributed by atoms with Crippen molar-refractivity contribution in [1.29, 1.82) is 0 Å². The molecule has 2 N–H and O–H groups in total. The molecule has 2 aromatic heterocycles. The van der Waals surface area contributed by atoms with Crippen molar-refractivity contribution >= 4 is 17.5 Å². The Hall–Kier alpha value is -3.35. The smallest absolute Gasteiger partial charge is 0.257 e. The number of hydrogen-bond acceptors (Lipinski definition) is 3. The van der Waals surface area contributed by atoms with Crippen molar-refractivity contribution < 1.29 is 9.59 Å². The lowest BCUT2D eigenvalue weighted by molar-refractivity contribution is -0.115. The highest BCUT2D eigenvalue weighted by Gasteiger charge is 2.18. The van der Waals surface area contributed by atoms with Crippen LogP contribution in [0.3, 0.4) is 0 Å². The highest BCUT2D eigenvalue weighted by atomic mass is 16.2. The number of anilines is 1. The summed E-state index contributed by atoms with van der Waals surface area (Å²) in [6.45, 7) is 5.80. The summed E-state index contributed by atoms with van der Waals surface area (Å²) in [6, 6.07) is 7.77. The summed E-state index contributed by atoms with van der Waals surface area (Å²) < 4.78 is 3.43. The molecular weight excluding hydrogens is 342 g/mol. The fourth-order valence-electron chi connectivity index (χ4n) is 3.19.